The van der Waals surface area contributed by atoms with Gasteiger partial charge >= 0.3 is 0 Å². The molecule has 2 aromatic rings. The summed E-state index contributed by atoms with van der Waals surface area (Å²) in [6, 6.07) is 16.9. The van der Waals surface area contributed by atoms with Gasteiger partial charge in [-0.15, -0.1) is 0 Å². The Kier molecular flexibility index (Phi) is 5.65. The van der Waals surface area contributed by atoms with Crippen LogP contribution in [0, 0.1) is 0 Å². The molecule has 0 aliphatic carbocycles. The second kappa shape index (κ2) is 7.96. The number of anilines is 1. The van der Waals surface area contributed by atoms with Gasteiger partial charge in [-0.25, -0.2) is 8.42 Å². The lowest BCUT2D eigenvalue weighted by atomic mass is 9.97. The normalized spacial score (nSPS) is 17.3. The van der Waals surface area contributed by atoms with Gasteiger partial charge in [0.1, 0.15) is 0 Å². The zero-order chi connectivity index (χ0) is 19.4. The number of benzene rings is 2. The Hall–Kier alpha value is -2.60. The third-order valence-electron chi connectivity index (χ3n) is 4.72. The van der Waals surface area contributed by atoms with E-state index in [1.807, 2.05) is 61.5 Å². The third kappa shape index (κ3) is 4.39. The molecule has 1 heterocycles. The minimum atomic E-state index is -3.34. The molecule has 27 heavy (non-hydrogen) atoms. The first-order chi connectivity index (χ1) is 12.9. The van der Waals surface area contributed by atoms with Crippen molar-refractivity contribution in [1.82, 2.24) is 5.32 Å². The van der Waals surface area contributed by atoms with E-state index in [4.69, 9.17) is 0 Å². The SMILES string of the molecule is CC/C(=C\c1ccccc1)C(=O)NC1CCN(S(C)(=O)=O)c2ccccc21. The van der Waals surface area contributed by atoms with Crippen LogP contribution in [-0.2, 0) is 14.8 Å². The summed E-state index contributed by atoms with van der Waals surface area (Å²) >= 11 is 0. The lowest BCUT2D eigenvalue weighted by Gasteiger charge is -2.34. The lowest BCUT2D eigenvalue weighted by Crippen LogP contribution is -2.40. The van der Waals surface area contributed by atoms with Gasteiger partial charge in [0, 0.05) is 12.1 Å². The predicted molar refractivity (Wildman–Crippen MR) is 109 cm³/mol. The summed E-state index contributed by atoms with van der Waals surface area (Å²) in [6.45, 7) is 2.30. The number of nitrogens with one attached hydrogen (secondary N) is 1. The van der Waals surface area contributed by atoms with E-state index >= 15 is 0 Å². The fourth-order valence-electron chi connectivity index (χ4n) is 3.36. The quantitative estimate of drug-likeness (QED) is 0.802. The van der Waals surface area contributed by atoms with Crippen molar-refractivity contribution in [3.63, 3.8) is 0 Å². The van der Waals surface area contributed by atoms with E-state index in [2.05, 4.69) is 5.32 Å². The van der Waals surface area contributed by atoms with Crippen LogP contribution < -0.4 is 9.62 Å². The average Bonchev–Trinajstić information content (AvgIpc) is 2.66. The summed E-state index contributed by atoms with van der Waals surface area (Å²) in [5.41, 5.74) is 3.15. The number of sulfonamides is 1. The van der Waals surface area contributed by atoms with E-state index in [1.165, 1.54) is 10.6 Å². The average molecular weight is 385 g/mol. The fourth-order valence-corrected chi connectivity index (χ4v) is 4.32. The van der Waals surface area contributed by atoms with E-state index in [9.17, 15) is 13.2 Å². The van der Waals surface area contributed by atoms with Gasteiger partial charge in [0.2, 0.25) is 15.9 Å². The van der Waals surface area contributed by atoms with Crippen LogP contribution in [0.5, 0.6) is 0 Å². The highest BCUT2D eigenvalue weighted by molar-refractivity contribution is 7.92. The van der Waals surface area contributed by atoms with Crippen molar-refractivity contribution >= 4 is 27.7 Å². The Morgan fingerprint density at radius 3 is 2.48 bits per heavy atom. The van der Waals surface area contributed by atoms with Crippen molar-refractivity contribution in [2.75, 3.05) is 17.1 Å². The Morgan fingerprint density at radius 1 is 1.15 bits per heavy atom. The van der Waals surface area contributed by atoms with Gasteiger partial charge in [-0.1, -0.05) is 55.5 Å². The Morgan fingerprint density at radius 2 is 1.81 bits per heavy atom. The van der Waals surface area contributed by atoms with Crippen molar-refractivity contribution in [3.8, 4) is 0 Å². The molecule has 1 aliphatic rings. The molecule has 1 atom stereocenters. The first kappa shape index (κ1) is 19.2. The number of nitrogens with zero attached hydrogens (tertiary/aromatic N) is 1. The first-order valence-electron chi connectivity index (χ1n) is 9.03. The van der Waals surface area contributed by atoms with Crippen molar-refractivity contribution in [3.05, 3.63) is 71.3 Å². The van der Waals surface area contributed by atoms with E-state index in [1.54, 1.807) is 6.07 Å². The molecule has 0 radical (unpaired) electrons. The summed E-state index contributed by atoms with van der Waals surface area (Å²) in [5.74, 6) is -0.117. The molecule has 5 nitrogen and oxygen atoms in total. The summed E-state index contributed by atoms with van der Waals surface area (Å²) in [7, 11) is -3.34. The fraction of sp³-hybridized carbons (Fsp3) is 0.286. The highest BCUT2D eigenvalue weighted by Gasteiger charge is 2.30. The number of carbonyl (C=O) groups is 1. The van der Waals surface area contributed by atoms with Crippen LogP contribution in [0.2, 0.25) is 0 Å². The maximum Gasteiger partial charge on any atom is 0.247 e. The van der Waals surface area contributed by atoms with Crippen LogP contribution >= 0.6 is 0 Å². The maximum atomic E-state index is 12.8. The molecule has 3 rings (SSSR count). The number of hydrogen-bond acceptors (Lipinski definition) is 3. The molecule has 6 heteroatoms. The molecular weight excluding hydrogens is 360 g/mol. The number of para-hydroxylation sites is 1. The molecule has 1 aliphatic heterocycles. The molecule has 2 aromatic carbocycles. The molecule has 1 unspecified atom stereocenters. The molecular formula is C21H24N2O3S. The Bertz CT molecular complexity index is 952. The zero-order valence-corrected chi connectivity index (χ0v) is 16.4. The maximum absolute atomic E-state index is 12.8. The van der Waals surface area contributed by atoms with Gasteiger partial charge in [-0.2, -0.15) is 0 Å². The monoisotopic (exact) mass is 384 g/mol. The topological polar surface area (TPSA) is 66.5 Å². The van der Waals surface area contributed by atoms with Crippen LogP contribution in [0.25, 0.3) is 6.08 Å². The minimum absolute atomic E-state index is 0.117. The van der Waals surface area contributed by atoms with Gasteiger partial charge < -0.3 is 5.32 Å². The van der Waals surface area contributed by atoms with E-state index in [0.717, 1.165) is 11.1 Å². The van der Waals surface area contributed by atoms with Crippen LogP contribution in [0.3, 0.4) is 0 Å². The molecule has 142 valence electrons. The van der Waals surface area contributed by atoms with Gasteiger partial charge in [-0.3, -0.25) is 9.10 Å². The number of rotatable bonds is 5. The predicted octanol–water partition coefficient (Wildman–Crippen LogP) is 3.51. The second-order valence-corrected chi connectivity index (χ2v) is 8.55. The highest BCUT2D eigenvalue weighted by Crippen LogP contribution is 2.35. The van der Waals surface area contributed by atoms with Crippen molar-refractivity contribution < 1.29 is 13.2 Å². The molecule has 0 aromatic heterocycles. The van der Waals surface area contributed by atoms with Gasteiger partial charge in [-0.05, 0) is 36.1 Å². The van der Waals surface area contributed by atoms with Gasteiger partial charge in [0.25, 0.3) is 0 Å². The van der Waals surface area contributed by atoms with E-state index < -0.39 is 10.0 Å². The van der Waals surface area contributed by atoms with Gasteiger partial charge in [0.15, 0.2) is 0 Å². The smallest absolute Gasteiger partial charge is 0.247 e. The van der Waals surface area contributed by atoms with Crippen LogP contribution in [0.15, 0.2) is 60.2 Å². The molecule has 0 fully saturated rings. The number of fused-ring (bicyclic) bond motifs is 1. The molecule has 0 saturated heterocycles. The Labute approximate surface area is 160 Å². The van der Waals surface area contributed by atoms with E-state index in [0.29, 0.717) is 30.6 Å². The summed E-state index contributed by atoms with van der Waals surface area (Å²) in [6.07, 6.45) is 4.26. The van der Waals surface area contributed by atoms with Crippen molar-refractivity contribution in [1.29, 1.82) is 0 Å². The van der Waals surface area contributed by atoms with Crippen LogP contribution in [-0.4, -0.2) is 27.1 Å². The largest absolute Gasteiger partial charge is 0.345 e. The minimum Gasteiger partial charge on any atom is -0.345 e. The Balaban J connectivity index is 1.85. The number of amides is 1. The standard InChI is InChI=1S/C21H24N2O3S/c1-3-17(15-16-9-5-4-6-10-16)21(24)22-19-13-14-23(27(2,25)26)20-12-8-7-11-18(19)20/h4-12,15,19H,3,13-14H2,1-2H3,(H,22,24)/b17-15+. The molecule has 0 spiro atoms. The summed E-state index contributed by atoms with van der Waals surface area (Å²) in [5, 5.41) is 3.09. The third-order valence-corrected chi connectivity index (χ3v) is 5.90. The van der Waals surface area contributed by atoms with Crippen LogP contribution in [0.1, 0.15) is 36.9 Å². The molecule has 1 N–H and O–H groups in total. The number of hydrogen-bond donors (Lipinski definition) is 1. The van der Waals surface area contributed by atoms with E-state index in [-0.39, 0.29) is 11.9 Å². The molecule has 0 saturated carbocycles. The highest BCUT2D eigenvalue weighted by atomic mass is 32.2. The molecule has 1 amide bonds. The summed E-state index contributed by atoms with van der Waals surface area (Å²) in [4.78, 5) is 12.8. The van der Waals surface area contributed by atoms with Gasteiger partial charge in [0.05, 0.1) is 18.0 Å². The first-order valence-corrected chi connectivity index (χ1v) is 10.9. The second-order valence-electron chi connectivity index (χ2n) is 6.64. The lowest BCUT2D eigenvalue weighted by molar-refractivity contribution is -0.118. The number of carbonyl (C=O) groups excluding carboxylic acids is 1. The molecule has 0 bridgehead atoms. The summed E-state index contributed by atoms with van der Waals surface area (Å²) < 4.78 is 25.5. The zero-order valence-electron chi connectivity index (χ0n) is 15.6. The van der Waals surface area contributed by atoms with Crippen molar-refractivity contribution in [2.24, 2.45) is 0 Å². The van der Waals surface area contributed by atoms with Crippen LogP contribution in [0.4, 0.5) is 5.69 Å². The van der Waals surface area contributed by atoms with Crippen molar-refractivity contribution in [2.45, 2.75) is 25.8 Å².